The van der Waals surface area contributed by atoms with E-state index in [1.165, 1.54) is 76.2 Å². The molecule has 0 radical (unpaired) electrons. The average Bonchev–Trinajstić information content (AvgIpc) is 3.84. The fourth-order valence-corrected chi connectivity index (χ4v) is 9.76. The fraction of sp³-hybridized carbons (Fsp3) is 0.111. The van der Waals surface area contributed by atoms with Crippen LogP contribution in [0.3, 0.4) is 0 Å². The first kappa shape index (κ1) is 33.5. The van der Waals surface area contributed by atoms with Gasteiger partial charge in [-0.3, -0.25) is 0 Å². The summed E-state index contributed by atoms with van der Waals surface area (Å²) in [7, 11) is 0. The van der Waals surface area contributed by atoms with Gasteiger partial charge in [0.15, 0.2) is 0 Å². The monoisotopic (exact) mass is 734 g/mol. The number of para-hydroxylation sites is 3. The van der Waals surface area contributed by atoms with Gasteiger partial charge >= 0.3 is 0 Å². The molecule has 0 saturated heterocycles. The lowest BCUT2D eigenvalue weighted by Crippen LogP contribution is -2.30. The maximum atomic E-state index is 6.42. The Bertz CT molecular complexity index is 3020. The van der Waals surface area contributed by atoms with Gasteiger partial charge in [0, 0.05) is 38.6 Å². The minimum Gasteiger partial charge on any atom is -0.456 e. The third-order valence-corrected chi connectivity index (χ3v) is 12.5. The Hall–Kier alpha value is -6.84. The second-order valence-electron chi connectivity index (χ2n) is 15.6. The highest BCUT2D eigenvalue weighted by atomic mass is 16.3. The number of rotatable bonds is 7. The highest BCUT2D eigenvalue weighted by Crippen LogP contribution is 2.47. The first-order valence-electron chi connectivity index (χ1n) is 20.3. The number of aromatic nitrogens is 1. The molecule has 0 unspecified atom stereocenters. The van der Waals surface area contributed by atoms with Gasteiger partial charge in [-0.1, -0.05) is 147 Å². The predicted octanol–water partition coefficient (Wildman–Crippen LogP) is 15.1. The molecule has 1 aliphatic carbocycles. The SMILES string of the molecule is c1ccc(-n2c3ccccc3c3ccc(-c4ccc(N(c5ccc(C6(c7ccccc7)CCCCC6)cc5)c5cccc6oc7ccccc7c56)cc4)cc32)cc1. The van der Waals surface area contributed by atoms with Crippen LogP contribution in [-0.4, -0.2) is 4.57 Å². The van der Waals surface area contributed by atoms with Crippen LogP contribution in [0.4, 0.5) is 17.1 Å². The molecule has 10 aromatic rings. The molecule has 3 nitrogen and oxygen atoms in total. The van der Waals surface area contributed by atoms with Gasteiger partial charge in [0.1, 0.15) is 11.2 Å². The van der Waals surface area contributed by atoms with Gasteiger partial charge in [0.25, 0.3) is 0 Å². The van der Waals surface area contributed by atoms with Crippen molar-refractivity contribution in [1.82, 2.24) is 4.57 Å². The molecule has 2 aromatic heterocycles. The average molecular weight is 735 g/mol. The summed E-state index contributed by atoms with van der Waals surface area (Å²) in [5.74, 6) is 0. The summed E-state index contributed by atoms with van der Waals surface area (Å²) in [6.07, 6.45) is 6.18. The molecular weight excluding hydrogens is 693 g/mol. The van der Waals surface area contributed by atoms with Crippen LogP contribution < -0.4 is 4.90 Å². The van der Waals surface area contributed by atoms with E-state index in [1.807, 2.05) is 6.07 Å². The van der Waals surface area contributed by atoms with Gasteiger partial charge in [-0.15, -0.1) is 0 Å². The van der Waals surface area contributed by atoms with E-state index in [1.54, 1.807) is 0 Å². The van der Waals surface area contributed by atoms with E-state index in [4.69, 9.17) is 4.42 Å². The lowest BCUT2D eigenvalue weighted by atomic mass is 9.65. The highest BCUT2D eigenvalue weighted by molar-refractivity contribution is 6.13. The van der Waals surface area contributed by atoms with Gasteiger partial charge in [-0.2, -0.15) is 0 Å². The third-order valence-electron chi connectivity index (χ3n) is 12.5. The zero-order chi connectivity index (χ0) is 37.8. The number of anilines is 3. The number of hydrogen-bond donors (Lipinski definition) is 0. The second-order valence-corrected chi connectivity index (χ2v) is 15.6. The molecule has 0 amide bonds. The van der Waals surface area contributed by atoms with Crippen LogP contribution >= 0.6 is 0 Å². The maximum absolute atomic E-state index is 6.42. The van der Waals surface area contributed by atoms with Crippen LogP contribution in [0.2, 0.25) is 0 Å². The zero-order valence-corrected chi connectivity index (χ0v) is 31.8. The molecule has 3 heteroatoms. The molecule has 1 aliphatic rings. The van der Waals surface area contributed by atoms with E-state index in [2.05, 4.69) is 198 Å². The molecule has 0 spiro atoms. The molecule has 8 aromatic carbocycles. The Labute approximate surface area is 333 Å². The zero-order valence-electron chi connectivity index (χ0n) is 31.8. The Balaban J connectivity index is 1.04. The van der Waals surface area contributed by atoms with Gasteiger partial charge in [-0.05, 0) is 102 Å². The summed E-state index contributed by atoms with van der Waals surface area (Å²) >= 11 is 0. The van der Waals surface area contributed by atoms with Crippen LogP contribution in [0.25, 0.3) is 60.6 Å². The van der Waals surface area contributed by atoms with E-state index < -0.39 is 0 Å². The quantitative estimate of drug-likeness (QED) is 0.163. The molecule has 1 saturated carbocycles. The van der Waals surface area contributed by atoms with E-state index >= 15 is 0 Å². The summed E-state index contributed by atoms with van der Waals surface area (Å²) in [6, 6.07) is 70.8. The number of furan rings is 1. The first-order chi connectivity index (χ1) is 28.2. The summed E-state index contributed by atoms with van der Waals surface area (Å²) in [5.41, 5.74) is 13.9. The van der Waals surface area contributed by atoms with Crippen LogP contribution in [-0.2, 0) is 5.41 Å². The van der Waals surface area contributed by atoms with Gasteiger partial charge in [0.05, 0.1) is 22.1 Å². The first-order valence-corrected chi connectivity index (χ1v) is 20.3. The van der Waals surface area contributed by atoms with Crippen molar-refractivity contribution in [2.45, 2.75) is 37.5 Å². The largest absolute Gasteiger partial charge is 0.456 e. The predicted molar refractivity (Wildman–Crippen MR) is 238 cm³/mol. The molecule has 0 bridgehead atoms. The van der Waals surface area contributed by atoms with Gasteiger partial charge in [-0.25, -0.2) is 0 Å². The van der Waals surface area contributed by atoms with Gasteiger partial charge in [0.2, 0.25) is 0 Å². The van der Waals surface area contributed by atoms with Crippen molar-refractivity contribution in [3.8, 4) is 16.8 Å². The van der Waals surface area contributed by atoms with E-state index in [-0.39, 0.29) is 5.41 Å². The van der Waals surface area contributed by atoms with Crippen LogP contribution in [0.5, 0.6) is 0 Å². The molecule has 0 atom stereocenters. The molecule has 0 aliphatic heterocycles. The van der Waals surface area contributed by atoms with Crippen molar-refractivity contribution in [2.24, 2.45) is 0 Å². The second kappa shape index (κ2) is 13.7. The Kier molecular flexibility index (Phi) is 8.06. The molecule has 57 heavy (non-hydrogen) atoms. The van der Waals surface area contributed by atoms with Crippen molar-refractivity contribution in [2.75, 3.05) is 4.90 Å². The fourth-order valence-electron chi connectivity index (χ4n) is 9.76. The van der Waals surface area contributed by atoms with E-state index in [0.29, 0.717) is 0 Å². The van der Waals surface area contributed by atoms with Crippen molar-refractivity contribution in [3.05, 3.63) is 205 Å². The number of hydrogen-bond acceptors (Lipinski definition) is 2. The Morgan fingerprint density at radius 2 is 1.04 bits per heavy atom. The molecule has 1 fully saturated rings. The van der Waals surface area contributed by atoms with Crippen molar-refractivity contribution in [1.29, 1.82) is 0 Å². The lowest BCUT2D eigenvalue weighted by Gasteiger charge is -2.39. The van der Waals surface area contributed by atoms with Gasteiger partial charge < -0.3 is 13.9 Å². The van der Waals surface area contributed by atoms with E-state index in [9.17, 15) is 0 Å². The summed E-state index contributed by atoms with van der Waals surface area (Å²) in [5, 5.41) is 4.76. The van der Waals surface area contributed by atoms with Crippen molar-refractivity contribution >= 4 is 60.8 Å². The third kappa shape index (κ3) is 5.57. The molecule has 2 heterocycles. The molecule has 0 N–H and O–H groups in total. The summed E-state index contributed by atoms with van der Waals surface area (Å²) in [4.78, 5) is 2.41. The molecule has 11 rings (SSSR count). The Morgan fingerprint density at radius 1 is 0.439 bits per heavy atom. The topological polar surface area (TPSA) is 21.3 Å². The smallest absolute Gasteiger partial charge is 0.137 e. The van der Waals surface area contributed by atoms with Crippen LogP contribution in [0.1, 0.15) is 43.2 Å². The Morgan fingerprint density at radius 3 is 1.81 bits per heavy atom. The van der Waals surface area contributed by atoms with Crippen molar-refractivity contribution < 1.29 is 4.42 Å². The van der Waals surface area contributed by atoms with Crippen LogP contribution in [0.15, 0.2) is 199 Å². The number of benzene rings is 8. The summed E-state index contributed by atoms with van der Waals surface area (Å²) in [6.45, 7) is 0. The lowest BCUT2D eigenvalue weighted by molar-refractivity contribution is 0.346. The maximum Gasteiger partial charge on any atom is 0.137 e. The standard InChI is InChI=1S/C54H42N2O/c1-4-15-40(16-5-1)54(35-12-3-13-36-54)41-28-32-44(33-29-41)55(49-22-14-24-52-53(49)47-20-9-11-23-51(47)57-52)43-30-25-38(26-31-43)39-27-34-46-45-19-8-10-21-48(45)56(50(46)37-39)42-17-6-2-7-18-42/h1-2,4-11,14-34,37H,3,12-13,35-36H2. The van der Waals surface area contributed by atoms with E-state index in [0.717, 1.165) is 44.7 Å². The van der Waals surface area contributed by atoms with Crippen LogP contribution in [0, 0.1) is 0 Å². The highest BCUT2D eigenvalue weighted by Gasteiger charge is 2.35. The van der Waals surface area contributed by atoms with Crippen molar-refractivity contribution in [3.63, 3.8) is 0 Å². The molecule has 274 valence electrons. The molecular formula is C54H42N2O. The normalized spacial score (nSPS) is 14.1. The number of fused-ring (bicyclic) bond motifs is 6. The minimum atomic E-state index is 0.0403. The summed E-state index contributed by atoms with van der Waals surface area (Å²) < 4.78 is 8.81. The minimum absolute atomic E-state index is 0.0403. The number of nitrogens with zero attached hydrogens (tertiary/aromatic N) is 2.